The summed E-state index contributed by atoms with van der Waals surface area (Å²) < 4.78 is 5.02. The molecule has 0 fully saturated rings. The maximum absolute atomic E-state index is 11.9. The number of amides is 1. The first-order valence-corrected chi connectivity index (χ1v) is 8.28. The number of carbonyl (C=O) groups excluding carboxylic acids is 1. The first kappa shape index (κ1) is 15.7. The molecule has 3 aromatic rings. The molecule has 0 saturated heterocycles. The molecule has 0 unspecified atom stereocenters. The highest BCUT2D eigenvalue weighted by molar-refractivity contribution is 7.13. The van der Waals surface area contributed by atoms with Crippen molar-refractivity contribution in [2.45, 2.75) is 13.3 Å². The lowest BCUT2D eigenvalue weighted by atomic mass is 10.2. The highest BCUT2D eigenvalue weighted by atomic mass is 35.5. The molecule has 0 saturated carbocycles. The van der Waals surface area contributed by atoms with E-state index in [0.29, 0.717) is 29.4 Å². The lowest BCUT2D eigenvalue weighted by Gasteiger charge is -2.02. The van der Waals surface area contributed by atoms with E-state index in [1.165, 1.54) is 6.39 Å². The molecule has 118 valence electrons. The molecule has 1 N–H and O–H groups in total. The van der Waals surface area contributed by atoms with Crippen molar-refractivity contribution in [3.63, 3.8) is 0 Å². The average molecular weight is 348 g/mol. The number of nitrogens with one attached hydrogen (secondary N) is 1. The first-order valence-electron chi connectivity index (χ1n) is 7.02. The number of hydrogen-bond acceptors (Lipinski definition) is 5. The summed E-state index contributed by atoms with van der Waals surface area (Å²) in [6, 6.07) is 7.61. The fourth-order valence-corrected chi connectivity index (χ4v) is 3.27. The Kier molecular flexibility index (Phi) is 4.73. The lowest BCUT2D eigenvalue weighted by molar-refractivity contribution is 0.0948. The summed E-state index contributed by atoms with van der Waals surface area (Å²) >= 11 is 7.72. The van der Waals surface area contributed by atoms with Gasteiger partial charge in [0.2, 0.25) is 0 Å². The molecule has 23 heavy (non-hydrogen) atoms. The number of halogens is 1. The normalized spacial score (nSPS) is 10.7. The summed E-state index contributed by atoms with van der Waals surface area (Å²) in [5.41, 5.74) is 2.16. The number of hydrogen-bond donors (Lipinski definition) is 1. The highest BCUT2D eigenvalue weighted by Crippen LogP contribution is 2.30. The van der Waals surface area contributed by atoms with E-state index in [1.54, 1.807) is 18.3 Å². The van der Waals surface area contributed by atoms with Gasteiger partial charge in [-0.1, -0.05) is 29.8 Å². The SMILES string of the molecule is Cc1ocnc1C(=O)NCCc1csc(-c2ccccc2Cl)n1. The van der Waals surface area contributed by atoms with Crippen molar-refractivity contribution in [1.82, 2.24) is 15.3 Å². The topological polar surface area (TPSA) is 68.0 Å². The van der Waals surface area contributed by atoms with Crippen molar-refractivity contribution in [2.24, 2.45) is 0 Å². The van der Waals surface area contributed by atoms with E-state index < -0.39 is 0 Å². The largest absolute Gasteiger partial charge is 0.448 e. The van der Waals surface area contributed by atoms with Gasteiger partial charge in [0.05, 0.1) is 10.7 Å². The number of benzene rings is 1. The van der Waals surface area contributed by atoms with Crippen molar-refractivity contribution in [2.75, 3.05) is 6.54 Å². The van der Waals surface area contributed by atoms with Gasteiger partial charge in [-0.3, -0.25) is 4.79 Å². The van der Waals surface area contributed by atoms with Crippen LogP contribution in [0, 0.1) is 6.92 Å². The molecule has 0 aliphatic rings. The molecule has 5 nitrogen and oxygen atoms in total. The van der Waals surface area contributed by atoms with E-state index in [-0.39, 0.29) is 5.91 Å². The van der Waals surface area contributed by atoms with Crippen LogP contribution in [0.1, 0.15) is 21.9 Å². The van der Waals surface area contributed by atoms with Crippen LogP contribution >= 0.6 is 22.9 Å². The summed E-state index contributed by atoms with van der Waals surface area (Å²) in [7, 11) is 0. The molecule has 0 bridgehead atoms. The average Bonchev–Trinajstić information content (AvgIpc) is 3.17. The van der Waals surface area contributed by atoms with Gasteiger partial charge in [-0.2, -0.15) is 0 Å². The van der Waals surface area contributed by atoms with Gasteiger partial charge in [0.25, 0.3) is 5.91 Å². The summed E-state index contributed by atoms with van der Waals surface area (Å²) in [6.07, 6.45) is 1.91. The maximum Gasteiger partial charge on any atom is 0.273 e. The number of thiazole rings is 1. The standard InChI is InChI=1S/C16H14ClN3O2S/c1-10-14(19-9-22-10)15(21)18-7-6-11-8-23-16(20-11)12-4-2-3-5-13(12)17/h2-5,8-9H,6-7H2,1H3,(H,18,21). The van der Waals surface area contributed by atoms with Crippen LogP contribution < -0.4 is 5.32 Å². The molecule has 1 amide bonds. The Hall–Kier alpha value is -2.18. The molecule has 1 aromatic carbocycles. The Labute approximate surface area is 142 Å². The van der Waals surface area contributed by atoms with E-state index in [0.717, 1.165) is 16.3 Å². The molecule has 0 spiro atoms. The quantitative estimate of drug-likeness (QED) is 0.763. The smallest absolute Gasteiger partial charge is 0.273 e. The van der Waals surface area contributed by atoms with E-state index in [2.05, 4.69) is 15.3 Å². The van der Waals surface area contributed by atoms with E-state index in [1.807, 2.05) is 29.6 Å². The second-order valence-electron chi connectivity index (χ2n) is 4.89. The Balaban J connectivity index is 1.59. The Morgan fingerprint density at radius 3 is 2.96 bits per heavy atom. The van der Waals surface area contributed by atoms with Gasteiger partial charge in [-0.15, -0.1) is 11.3 Å². The minimum atomic E-state index is -0.238. The van der Waals surface area contributed by atoms with Crippen molar-refractivity contribution >= 4 is 28.8 Å². The summed E-state index contributed by atoms with van der Waals surface area (Å²) in [4.78, 5) is 20.4. The molecule has 7 heteroatoms. The number of carbonyl (C=O) groups is 1. The van der Waals surface area contributed by atoms with Crippen LogP contribution in [0.15, 0.2) is 40.5 Å². The highest BCUT2D eigenvalue weighted by Gasteiger charge is 2.13. The van der Waals surface area contributed by atoms with E-state index in [9.17, 15) is 4.79 Å². The third-order valence-electron chi connectivity index (χ3n) is 3.28. The summed E-state index contributed by atoms with van der Waals surface area (Å²) in [6.45, 7) is 2.19. The van der Waals surface area contributed by atoms with Gasteiger partial charge < -0.3 is 9.73 Å². The van der Waals surface area contributed by atoms with Gasteiger partial charge in [0.15, 0.2) is 12.1 Å². The lowest BCUT2D eigenvalue weighted by Crippen LogP contribution is -2.26. The van der Waals surface area contributed by atoms with Crippen molar-refractivity contribution < 1.29 is 9.21 Å². The van der Waals surface area contributed by atoms with Crippen molar-refractivity contribution in [3.8, 4) is 10.6 Å². The zero-order valence-electron chi connectivity index (χ0n) is 12.4. The van der Waals surface area contributed by atoms with Crippen LogP contribution in [0.4, 0.5) is 0 Å². The predicted octanol–water partition coefficient (Wildman–Crippen LogP) is 3.73. The molecular formula is C16H14ClN3O2S. The molecule has 0 aliphatic carbocycles. The first-order chi connectivity index (χ1) is 11.1. The van der Waals surface area contributed by atoms with Gasteiger partial charge >= 0.3 is 0 Å². The number of oxazole rings is 1. The molecule has 0 atom stereocenters. The van der Waals surface area contributed by atoms with Crippen LogP contribution in [-0.4, -0.2) is 22.4 Å². The summed E-state index contributed by atoms with van der Waals surface area (Å²) in [5, 5.41) is 6.35. The molecule has 2 aromatic heterocycles. The monoisotopic (exact) mass is 347 g/mol. The van der Waals surface area contributed by atoms with Gasteiger partial charge in [0, 0.05) is 23.9 Å². The minimum Gasteiger partial charge on any atom is -0.448 e. The third kappa shape index (κ3) is 3.60. The molecular weight excluding hydrogens is 334 g/mol. The van der Waals surface area contributed by atoms with Crippen LogP contribution in [0.2, 0.25) is 5.02 Å². The number of aryl methyl sites for hydroxylation is 1. The Bertz CT molecular complexity index is 828. The fourth-order valence-electron chi connectivity index (χ4n) is 2.09. The zero-order chi connectivity index (χ0) is 16.2. The van der Waals surface area contributed by atoms with E-state index >= 15 is 0 Å². The third-order valence-corrected chi connectivity index (χ3v) is 4.54. The van der Waals surface area contributed by atoms with Crippen molar-refractivity contribution in [3.05, 3.63) is 58.2 Å². The number of rotatable bonds is 5. The fraction of sp³-hybridized carbons (Fsp3) is 0.188. The molecule has 2 heterocycles. The van der Waals surface area contributed by atoms with Crippen LogP contribution in [0.3, 0.4) is 0 Å². The minimum absolute atomic E-state index is 0.238. The predicted molar refractivity (Wildman–Crippen MR) is 89.8 cm³/mol. The second kappa shape index (κ2) is 6.93. The molecule has 3 rings (SSSR count). The second-order valence-corrected chi connectivity index (χ2v) is 6.15. The number of aromatic nitrogens is 2. The molecule has 0 aliphatic heterocycles. The van der Waals surface area contributed by atoms with Gasteiger partial charge in [-0.25, -0.2) is 9.97 Å². The molecule has 0 radical (unpaired) electrons. The zero-order valence-corrected chi connectivity index (χ0v) is 13.9. The van der Waals surface area contributed by atoms with Gasteiger partial charge in [0.1, 0.15) is 10.8 Å². The Morgan fingerprint density at radius 1 is 1.39 bits per heavy atom. The summed E-state index contributed by atoms with van der Waals surface area (Å²) in [5.74, 6) is 0.273. The Morgan fingerprint density at radius 2 is 2.22 bits per heavy atom. The van der Waals surface area contributed by atoms with E-state index in [4.69, 9.17) is 16.0 Å². The van der Waals surface area contributed by atoms with Crippen LogP contribution in [0.25, 0.3) is 10.6 Å². The number of nitrogens with zero attached hydrogens (tertiary/aromatic N) is 2. The van der Waals surface area contributed by atoms with Gasteiger partial charge in [-0.05, 0) is 13.0 Å². The van der Waals surface area contributed by atoms with Crippen LogP contribution in [0.5, 0.6) is 0 Å². The van der Waals surface area contributed by atoms with Crippen LogP contribution in [-0.2, 0) is 6.42 Å². The van der Waals surface area contributed by atoms with Crippen molar-refractivity contribution in [1.29, 1.82) is 0 Å². The maximum atomic E-state index is 11.9.